The molecular formula is C13H15NO3. The Bertz CT molecular complexity index is 518. The molecule has 1 aromatic heterocycles. The number of ether oxygens (including phenoxy) is 1. The van der Waals surface area contributed by atoms with Crippen molar-refractivity contribution in [2.45, 2.75) is 13.0 Å². The van der Waals surface area contributed by atoms with Gasteiger partial charge in [-0.25, -0.2) is 4.79 Å². The first-order chi connectivity index (χ1) is 8.27. The number of hydrogen-bond donors (Lipinski definition) is 1. The molecule has 0 fully saturated rings. The van der Waals surface area contributed by atoms with E-state index >= 15 is 0 Å². The molecule has 0 radical (unpaired) electrons. The Morgan fingerprint density at radius 3 is 2.94 bits per heavy atom. The van der Waals surface area contributed by atoms with E-state index in [2.05, 4.69) is 5.32 Å². The van der Waals surface area contributed by atoms with Crippen LogP contribution in [0.25, 0.3) is 11.0 Å². The van der Waals surface area contributed by atoms with Crippen LogP contribution in [0.2, 0.25) is 0 Å². The number of rotatable bonds is 4. The highest BCUT2D eigenvalue weighted by Gasteiger charge is 2.23. The monoisotopic (exact) mass is 233 g/mol. The fraction of sp³-hybridized carbons (Fsp3) is 0.308. The highest BCUT2D eigenvalue weighted by atomic mass is 16.5. The van der Waals surface area contributed by atoms with Crippen LogP contribution in [-0.2, 0) is 9.53 Å². The van der Waals surface area contributed by atoms with Crippen molar-refractivity contribution in [1.29, 1.82) is 0 Å². The molecule has 0 saturated carbocycles. The van der Waals surface area contributed by atoms with Crippen molar-refractivity contribution in [1.82, 2.24) is 5.32 Å². The third-order valence-corrected chi connectivity index (χ3v) is 2.63. The number of para-hydroxylation sites is 1. The average molecular weight is 233 g/mol. The van der Waals surface area contributed by atoms with E-state index in [0.29, 0.717) is 6.61 Å². The molecule has 1 N–H and O–H groups in total. The van der Waals surface area contributed by atoms with Gasteiger partial charge in [0.2, 0.25) is 0 Å². The maximum Gasteiger partial charge on any atom is 0.327 e. The van der Waals surface area contributed by atoms with Crippen LogP contribution >= 0.6 is 0 Å². The van der Waals surface area contributed by atoms with Gasteiger partial charge in [-0.05, 0) is 20.0 Å². The molecule has 90 valence electrons. The fourth-order valence-electron chi connectivity index (χ4n) is 1.85. The van der Waals surface area contributed by atoms with Crippen molar-refractivity contribution < 1.29 is 13.9 Å². The van der Waals surface area contributed by atoms with E-state index in [0.717, 1.165) is 16.5 Å². The largest absolute Gasteiger partial charge is 0.465 e. The van der Waals surface area contributed by atoms with E-state index in [9.17, 15) is 4.79 Å². The standard InChI is InChI=1S/C13H15NO3/c1-3-16-13(15)12(14-2)10-8-17-11-7-5-4-6-9(10)11/h4-8,12,14H,3H2,1-2H3. The van der Waals surface area contributed by atoms with Crippen molar-refractivity contribution in [2.75, 3.05) is 13.7 Å². The van der Waals surface area contributed by atoms with E-state index in [1.54, 1.807) is 20.2 Å². The van der Waals surface area contributed by atoms with Gasteiger partial charge < -0.3 is 14.5 Å². The molecule has 0 aliphatic carbocycles. The molecule has 2 aromatic rings. The minimum Gasteiger partial charge on any atom is -0.465 e. The van der Waals surface area contributed by atoms with Crippen LogP contribution < -0.4 is 5.32 Å². The zero-order chi connectivity index (χ0) is 12.3. The molecule has 0 saturated heterocycles. The normalized spacial score (nSPS) is 12.6. The predicted molar refractivity (Wildman–Crippen MR) is 64.6 cm³/mol. The lowest BCUT2D eigenvalue weighted by molar-refractivity contribution is -0.145. The van der Waals surface area contributed by atoms with Crippen LogP contribution in [0.3, 0.4) is 0 Å². The molecule has 17 heavy (non-hydrogen) atoms. The minimum atomic E-state index is -0.487. The highest BCUT2D eigenvalue weighted by molar-refractivity contribution is 5.88. The Balaban J connectivity index is 2.40. The van der Waals surface area contributed by atoms with Crippen LogP contribution in [-0.4, -0.2) is 19.6 Å². The summed E-state index contributed by atoms with van der Waals surface area (Å²) >= 11 is 0. The number of carbonyl (C=O) groups excluding carboxylic acids is 1. The number of carbonyl (C=O) groups is 1. The second-order valence-electron chi connectivity index (χ2n) is 3.66. The molecule has 0 aliphatic heterocycles. The summed E-state index contributed by atoms with van der Waals surface area (Å²) < 4.78 is 10.4. The third kappa shape index (κ3) is 2.17. The number of furan rings is 1. The summed E-state index contributed by atoms with van der Waals surface area (Å²) in [6, 6.07) is 7.13. The van der Waals surface area contributed by atoms with E-state index in [1.807, 2.05) is 24.3 Å². The summed E-state index contributed by atoms with van der Waals surface area (Å²) in [5.41, 5.74) is 1.58. The quantitative estimate of drug-likeness (QED) is 0.823. The average Bonchev–Trinajstić information content (AvgIpc) is 2.75. The lowest BCUT2D eigenvalue weighted by Crippen LogP contribution is -2.27. The second-order valence-corrected chi connectivity index (χ2v) is 3.66. The van der Waals surface area contributed by atoms with Gasteiger partial charge in [0, 0.05) is 10.9 Å². The molecule has 1 aromatic carbocycles. The van der Waals surface area contributed by atoms with Gasteiger partial charge in [0.15, 0.2) is 0 Å². The molecule has 0 amide bonds. The second kappa shape index (κ2) is 5.01. The van der Waals surface area contributed by atoms with Crippen molar-refractivity contribution in [3.63, 3.8) is 0 Å². The first kappa shape index (κ1) is 11.7. The van der Waals surface area contributed by atoms with Gasteiger partial charge in [0.25, 0.3) is 0 Å². The van der Waals surface area contributed by atoms with E-state index in [4.69, 9.17) is 9.15 Å². The van der Waals surface area contributed by atoms with Gasteiger partial charge in [-0.1, -0.05) is 18.2 Å². The number of likely N-dealkylation sites (N-methyl/N-ethyl adjacent to an activating group) is 1. The van der Waals surface area contributed by atoms with Gasteiger partial charge >= 0.3 is 5.97 Å². The zero-order valence-electron chi connectivity index (χ0n) is 9.90. The van der Waals surface area contributed by atoms with Gasteiger partial charge in [0.05, 0.1) is 12.9 Å². The summed E-state index contributed by atoms with van der Waals surface area (Å²) in [6.07, 6.45) is 1.60. The van der Waals surface area contributed by atoms with Crippen molar-refractivity contribution in [3.05, 3.63) is 36.1 Å². The Kier molecular flexibility index (Phi) is 3.44. The number of hydrogen-bond acceptors (Lipinski definition) is 4. The maximum atomic E-state index is 11.8. The molecule has 0 spiro atoms. The van der Waals surface area contributed by atoms with Crippen molar-refractivity contribution >= 4 is 16.9 Å². The molecule has 4 heteroatoms. The first-order valence-electron chi connectivity index (χ1n) is 5.58. The minimum absolute atomic E-state index is 0.290. The van der Waals surface area contributed by atoms with Crippen LogP contribution in [0.15, 0.2) is 34.9 Å². The molecular weight excluding hydrogens is 218 g/mol. The van der Waals surface area contributed by atoms with Gasteiger partial charge in [0.1, 0.15) is 11.6 Å². The highest BCUT2D eigenvalue weighted by Crippen LogP contribution is 2.26. The van der Waals surface area contributed by atoms with Crippen LogP contribution in [0.5, 0.6) is 0 Å². The van der Waals surface area contributed by atoms with Crippen LogP contribution in [0.1, 0.15) is 18.5 Å². The number of nitrogens with one attached hydrogen (secondary N) is 1. The number of fused-ring (bicyclic) bond motifs is 1. The van der Waals surface area contributed by atoms with Crippen LogP contribution in [0, 0.1) is 0 Å². The number of benzene rings is 1. The van der Waals surface area contributed by atoms with Crippen molar-refractivity contribution in [2.24, 2.45) is 0 Å². The summed E-state index contributed by atoms with van der Waals surface area (Å²) in [4.78, 5) is 11.8. The number of esters is 1. The Morgan fingerprint density at radius 2 is 2.24 bits per heavy atom. The Hall–Kier alpha value is -1.81. The molecule has 0 bridgehead atoms. The molecule has 4 nitrogen and oxygen atoms in total. The molecule has 1 heterocycles. The Morgan fingerprint density at radius 1 is 1.47 bits per heavy atom. The molecule has 1 atom stereocenters. The van der Waals surface area contributed by atoms with Crippen molar-refractivity contribution in [3.8, 4) is 0 Å². The Labute approximate surface area is 99.6 Å². The topological polar surface area (TPSA) is 51.5 Å². The molecule has 0 aliphatic rings. The summed E-state index contributed by atoms with van der Waals surface area (Å²) in [7, 11) is 1.73. The van der Waals surface area contributed by atoms with E-state index in [1.165, 1.54) is 0 Å². The SMILES string of the molecule is CCOC(=O)C(NC)c1coc2ccccc12. The third-order valence-electron chi connectivity index (χ3n) is 2.63. The zero-order valence-corrected chi connectivity index (χ0v) is 9.90. The molecule has 2 rings (SSSR count). The summed E-state index contributed by atoms with van der Waals surface area (Å²) in [5, 5.41) is 3.88. The summed E-state index contributed by atoms with van der Waals surface area (Å²) in [6.45, 7) is 2.16. The first-order valence-corrected chi connectivity index (χ1v) is 5.58. The van der Waals surface area contributed by atoms with E-state index < -0.39 is 6.04 Å². The fourth-order valence-corrected chi connectivity index (χ4v) is 1.85. The van der Waals surface area contributed by atoms with Gasteiger partial charge in [-0.3, -0.25) is 0 Å². The maximum absolute atomic E-state index is 11.8. The van der Waals surface area contributed by atoms with Crippen LogP contribution in [0.4, 0.5) is 0 Å². The van der Waals surface area contributed by atoms with Gasteiger partial charge in [-0.15, -0.1) is 0 Å². The molecule has 1 unspecified atom stereocenters. The van der Waals surface area contributed by atoms with Gasteiger partial charge in [-0.2, -0.15) is 0 Å². The lowest BCUT2D eigenvalue weighted by Gasteiger charge is -2.13. The summed E-state index contributed by atoms with van der Waals surface area (Å²) in [5.74, 6) is -0.290. The predicted octanol–water partition coefficient (Wildman–Crippen LogP) is 2.26. The smallest absolute Gasteiger partial charge is 0.327 e. The lowest BCUT2D eigenvalue weighted by atomic mass is 10.1. The van der Waals surface area contributed by atoms with E-state index in [-0.39, 0.29) is 5.97 Å².